The highest BCUT2D eigenvalue weighted by atomic mass is 16.5. The molecule has 3 aromatic rings. The van der Waals surface area contributed by atoms with E-state index in [0.29, 0.717) is 22.7 Å². The fourth-order valence-electron chi connectivity index (χ4n) is 4.09. The molecule has 4 rings (SSSR count). The van der Waals surface area contributed by atoms with Crippen LogP contribution in [0.3, 0.4) is 0 Å². The number of benzene rings is 3. The van der Waals surface area contributed by atoms with Crippen molar-refractivity contribution in [2.24, 2.45) is 0 Å². The monoisotopic (exact) mass is 474 g/mol. The zero-order valence-corrected chi connectivity index (χ0v) is 19.9. The molecule has 8 heteroatoms. The molecule has 182 valence electrons. The molecule has 2 amide bonds. The Bertz CT molecular complexity index is 1160. The van der Waals surface area contributed by atoms with Crippen LogP contribution in [-0.2, 0) is 4.79 Å². The summed E-state index contributed by atoms with van der Waals surface area (Å²) < 4.78 is 5.27. The summed E-state index contributed by atoms with van der Waals surface area (Å²) in [5.74, 6) is 0.493. The lowest BCUT2D eigenvalue weighted by Gasteiger charge is -2.38. The molecule has 3 N–H and O–H groups in total. The fraction of sp³-hybridized carbons (Fsp3) is 0.259. The number of carbonyl (C=O) groups is 2. The average Bonchev–Trinajstić information content (AvgIpc) is 2.89. The second-order valence-corrected chi connectivity index (χ2v) is 8.44. The number of hydrogen-bond donors (Lipinski definition) is 3. The molecule has 1 saturated heterocycles. The number of carbonyl (C=O) groups excluding carboxylic acids is 2. The maximum Gasteiger partial charge on any atom is 0.255 e. The zero-order valence-electron chi connectivity index (χ0n) is 19.9. The largest absolute Gasteiger partial charge is 0.508 e. The first-order valence-corrected chi connectivity index (χ1v) is 11.6. The van der Waals surface area contributed by atoms with Gasteiger partial charge in [-0.05, 0) is 67.6 Å². The van der Waals surface area contributed by atoms with Crippen molar-refractivity contribution in [3.8, 4) is 11.5 Å². The third-order valence-electron chi connectivity index (χ3n) is 6.23. The molecule has 0 spiro atoms. The number of nitrogens with zero attached hydrogens (tertiary/aromatic N) is 2. The first kappa shape index (κ1) is 24.1. The molecule has 1 fully saturated rings. The zero-order chi connectivity index (χ0) is 24.8. The third-order valence-corrected chi connectivity index (χ3v) is 6.23. The highest BCUT2D eigenvalue weighted by Gasteiger charge is 2.26. The Morgan fingerprint density at radius 2 is 1.54 bits per heavy atom. The van der Waals surface area contributed by atoms with E-state index in [-0.39, 0.29) is 23.6 Å². The van der Waals surface area contributed by atoms with Crippen molar-refractivity contribution in [1.29, 1.82) is 0 Å². The van der Waals surface area contributed by atoms with E-state index in [1.54, 1.807) is 55.6 Å². The Labute approximate surface area is 205 Å². The topological polar surface area (TPSA) is 94.1 Å². The lowest BCUT2D eigenvalue weighted by atomic mass is 10.1. The summed E-state index contributed by atoms with van der Waals surface area (Å²) in [6.07, 6.45) is 0. The predicted molar refractivity (Wildman–Crippen MR) is 137 cm³/mol. The van der Waals surface area contributed by atoms with E-state index in [1.807, 2.05) is 31.2 Å². The van der Waals surface area contributed by atoms with Crippen LogP contribution in [0.15, 0.2) is 72.8 Å². The number of amides is 2. The summed E-state index contributed by atoms with van der Waals surface area (Å²) in [5.41, 5.74) is 2.77. The van der Waals surface area contributed by atoms with Crippen LogP contribution in [0.4, 0.5) is 17.1 Å². The first-order chi connectivity index (χ1) is 16.9. The van der Waals surface area contributed by atoms with E-state index in [2.05, 4.69) is 20.4 Å². The van der Waals surface area contributed by atoms with Crippen molar-refractivity contribution in [3.05, 3.63) is 78.4 Å². The van der Waals surface area contributed by atoms with E-state index in [1.165, 1.54) is 0 Å². The molecule has 3 aromatic carbocycles. The Morgan fingerprint density at radius 1 is 0.886 bits per heavy atom. The van der Waals surface area contributed by atoms with Gasteiger partial charge in [0.25, 0.3) is 5.91 Å². The van der Waals surface area contributed by atoms with Crippen molar-refractivity contribution < 1.29 is 19.4 Å². The van der Waals surface area contributed by atoms with Gasteiger partial charge in [0.05, 0.1) is 18.8 Å². The second-order valence-electron chi connectivity index (χ2n) is 8.44. The predicted octanol–water partition coefficient (Wildman–Crippen LogP) is 3.80. The smallest absolute Gasteiger partial charge is 0.255 e. The van der Waals surface area contributed by atoms with Gasteiger partial charge in [-0.15, -0.1) is 0 Å². The molecular weight excluding hydrogens is 444 g/mol. The standard InChI is InChI=1S/C27H30N4O4/c1-19(30-15-17-31(18-16-30)22-11-13-23(32)14-12-22)26(33)28-21-9-7-20(8-10-21)27(34)29-24-5-3-4-6-25(24)35-2/h3-14,19,32H,15-18H2,1-2H3,(H,28,33)(H,29,34). The van der Waals surface area contributed by atoms with Crippen LogP contribution in [0.25, 0.3) is 0 Å². The Hall–Kier alpha value is -4.04. The van der Waals surface area contributed by atoms with Gasteiger partial charge >= 0.3 is 0 Å². The van der Waals surface area contributed by atoms with Crippen LogP contribution in [0.5, 0.6) is 11.5 Å². The van der Waals surface area contributed by atoms with Gasteiger partial charge < -0.3 is 25.4 Å². The summed E-state index contributed by atoms with van der Waals surface area (Å²) in [4.78, 5) is 29.8. The molecule has 1 atom stereocenters. The number of aromatic hydroxyl groups is 1. The summed E-state index contributed by atoms with van der Waals surface area (Å²) in [7, 11) is 1.55. The Kier molecular flexibility index (Phi) is 7.52. The summed E-state index contributed by atoms with van der Waals surface area (Å²) >= 11 is 0. The Morgan fingerprint density at radius 3 is 2.20 bits per heavy atom. The number of anilines is 3. The minimum absolute atomic E-state index is 0.0886. The molecule has 1 heterocycles. The van der Waals surface area contributed by atoms with Crippen molar-refractivity contribution in [1.82, 2.24) is 4.90 Å². The SMILES string of the molecule is COc1ccccc1NC(=O)c1ccc(NC(=O)C(C)N2CCN(c3ccc(O)cc3)CC2)cc1. The Balaban J connectivity index is 1.29. The van der Waals surface area contributed by atoms with E-state index in [4.69, 9.17) is 4.74 Å². The molecule has 0 radical (unpaired) electrons. The van der Waals surface area contributed by atoms with Crippen LogP contribution >= 0.6 is 0 Å². The van der Waals surface area contributed by atoms with Crippen molar-refractivity contribution in [3.63, 3.8) is 0 Å². The molecule has 0 aromatic heterocycles. The van der Waals surface area contributed by atoms with E-state index in [0.717, 1.165) is 31.9 Å². The molecule has 1 aliphatic heterocycles. The van der Waals surface area contributed by atoms with Crippen molar-refractivity contribution in [2.75, 3.05) is 48.8 Å². The minimum atomic E-state index is -0.287. The maximum absolute atomic E-state index is 12.8. The number of phenolic OH excluding ortho intramolecular Hbond substituents is 1. The highest BCUT2D eigenvalue weighted by Crippen LogP contribution is 2.24. The van der Waals surface area contributed by atoms with Crippen molar-refractivity contribution >= 4 is 28.9 Å². The van der Waals surface area contributed by atoms with E-state index >= 15 is 0 Å². The number of phenols is 1. The number of para-hydroxylation sites is 2. The minimum Gasteiger partial charge on any atom is -0.508 e. The van der Waals surface area contributed by atoms with Gasteiger partial charge in [0.1, 0.15) is 11.5 Å². The average molecular weight is 475 g/mol. The van der Waals surface area contributed by atoms with Crippen LogP contribution in [0.1, 0.15) is 17.3 Å². The van der Waals surface area contributed by atoms with Crippen molar-refractivity contribution in [2.45, 2.75) is 13.0 Å². The summed E-state index contributed by atoms with van der Waals surface area (Å²) in [6, 6.07) is 20.9. The van der Waals surface area contributed by atoms with E-state index in [9.17, 15) is 14.7 Å². The van der Waals surface area contributed by atoms with E-state index < -0.39 is 0 Å². The molecule has 8 nitrogen and oxygen atoms in total. The number of nitrogens with one attached hydrogen (secondary N) is 2. The van der Waals surface area contributed by atoms with Gasteiger partial charge in [-0.25, -0.2) is 0 Å². The summed E-state index contributed by atoms with van der Waals surface area (Å²) in [6.45, 7) is 5.03. The quantitative estimate of drug-likeness (QED) is 0.482. The fourth-order valence-corrected chi connectivity index (χ4v) is 4.09. The van der Waals surface area contributed by atoms with Gasteiger partial charge in [0.2, 0.25) is 5.91 Å². The molecule has 0 aliphatic carbocycles. The van der Waals surface area contributed by atoms with Crippen LogP contribution in [0, 0.1) is 0 Å². The highest BCUT2D eigenvalue weighted by molar-refractivity contribution is 6.05. The molecular formula is C27H30N4O4. The lowest BCUT2D eigenvalue weighted by molar-refractivity contribution is -0.120. The number of hydrogen-bond acceptors (Lipinski definition) is 6. The number of ether oxygens (including phenoxy) is 1. The second kappa shape index (κ2) is 10.9. The lowest BCUT2D eigenvalue weighted by Crippen LogP contribution is -2.52. The third kappa shape index (κ3) is 5.91. The van der Waals surface area contributed by atoms with Gasteiger partial charge in [0.15, 0.2) is 0 Å². The number of methoxy groups -OCH3 is 1. The van der Waals surface area contributed by atoms with Gasteiger partial charge in [-0.1, -0.05) is 12.1 Å². The van der Waals surface area contributed by atoms with Crippen LogP contribution in [-0.4, -0.2) is 61.2 Å². The van der Waals surface area contributed by atoms with Crippen LogP contribution in [0.2, 0.25) is 0 Å². The summed E-state index contributed by atoms with van der Waals surface area (Å²) in [5, 5.41) is 15.3. The molecule has 0 saturated carbocycles. The number of piperazine rings is 1. The van der Waals surface area contributed by atoms with Gasteiger partial charge in [0, 0.05) is 43.1 Å². The number of rotatable bonds is 7. The maximum atomic E-state index is 12.8. The molecule has 0 bridgehead atoms. The molecule has 1 unspecified atom stereocenters. The normalized spacial score (nSPS) is 14.7. The van der Waals surface area contributed by atoms with Gasteiger partial charge in [-0.3, -0.25) is 14.5 Å². The van der Waals surface area contributed by atoms with Gasteiger partial charge in [-0.2, -0.15) is 0 Å². The molecule has 35 heavy (non-hydrogen) atoms. The first-order valence-electron chi connectivity index (χ1n) is 11.6. The molecule has 1 aliphatic rings. The van der Waals surface area contributed by atoms with Crippen LogP contribution < -0.4 is 20.3 Å².